The van der Waals surface area contributed by atoms with Crippen molar-refractivity contribution in [1.82, 2.24) is 0 Å². The molecule has 0 fully saturated rings. The number of allylic oxidation sites excluding steroid dienone is 2. The molecule has 1 amide bonds. The summed E-state index contributed by atoms with van der Waals surface area (Å²) in [4.78, 5) is 27.9. The van der Waals surface area contributed by atoms with E-state index < -0.39 is 5.82 Å². The molecular formula is C25H26FNO2. The molecule has 2 aliphatic rings. The minimum absolute atomic E-state index is 0.0645. The van der Waals surface area contributed by atoms with Crippen molar-refractivity contribution in [2.24, 2.45) is 5.41 Å². The summed E-state index contributed by atoms with van der Waals surface area (Å²) >= 11 is 0. The second kappa shape index (κ2) is 7.25. The summed E-state index contributed by atoms with van der Waals surface area (Å²) < 4.78 is 14.6. The minimum atomic E-state index is -0.450. The lowest BCUT2D eigenvalue weighted by Gasteiger charge is -2.43. The third kappa shape index (κ3) is 3.52. The quantitative estimate of drug-likeness (QED) is 0.688. The van der Waals surface area contributed by atoms with Gasteiger partial charge in [0.15, 0.2) is 5.78 Å². The van der Waals surface area contributed by atoms with Crippen molar-refractivity contribution in [3.63, 3.8) is 0 Å². The molecule has 0 radical (unpaired) electrons. The van der Waals surface area contributed by atoms with E-state index in [1.54, 1.807) is 18.2 Å². The first-order valence-electron chi connectivity index (χ1n) is 10.2. The van der Waals surface area contributed by atoms with E-state index in [0.29, 0.717) is 24.1 Å². The van der Waals surface area contributed by atoms with Crippen molar-refractivity contribution in [2.45, 2.75) is 52.4 Å². The number of carbonyl (C=O) groups excluding carboxylic acids is 2. The predicted molar refractivity (Wildman–Crippen MR) is 112 cm³/mol. The van der Waals surface area contributed by atoms with Gasteiger partial charge in [-0.3, -0.25) is 14.5 Å². The van der Waals surface area contributed by atoms with Crippen LogP contribution in [0.1, 0.15) is 57.1 Å². The highest BCUT2D eigenvalue weighted by Crippen LogP contribution is 2.48. The molecule has 0 aromatic heterocycles. The van der Waals surface area contributed by atoms with Crippen LogP contribution in [0.3, 0.4) is 0 Å². The zero-order valence-corrected chi connectivity index (χ0v) is 17.2. The highest BCUT2D eigenvalue weighted by atomic mass is 19.1. The minimum Gasteiger partial charge on any atom is -0.294 e. The van der Waals surface area contributed by atoms with Crippen LogP contribution in [0.2, 0.25) is 0 Å². The Hall–Kier alpha value is -2.75. The fraction of sp³-hybridized carbons (Fsp3) is 0.360. The number of para-hydroxylation sites is 1. The standard InChI is InChI=1S/C25H26FNO2/c1-4-16-9-11-17(12-10-16)18-13-23(29)27(20-8-6-5-7-19(20)26)21-14-25(2,3)15-22(28)24(18)21/h5-12,18H,4,13-15H2,1-3H3. The first-order valence-corrected chi connectivity index (χ1v) is 10.2. The molecule has 0 saturated carbocycles. The van der Waals surface area contributed by atoms with Crippen molar-refractivity contribution >= 4 is 17.4 Å². The normalized spacial score (nSPS) is 21.4. The molecule has 2 aromatic carbocycles. The van der Waals surface area contributed by atoms with Crippen molar-refractivity contribution in [3.05, 3.63) is 76.7 Å². The summed E-state index contributed by atoms with van der Waals surface area (Å²) in [5, 5.41) is 0. The SMILES string of the molecule is CCc1ccc(C2CC(=O)N(c3ccccc3F)C3=C2C(=O)CC(C)(C)C3)cc1. The van der Waals surface area contributed by atoms with E-state index in [-0.39, 0.29) is 35.1 Å². The maximum atomic E-state index is 14.6. The van der Waals surface area contributed by atoms with E-state index in [4.69, 9.17) is 0 Å². The summed E-state index contributed by atoms with van der Waals surface area (Å²) in [6, 6.07) is 14.4. The second-order valence-corrected chi connectivity index (χ2v) is 8.83. The van der Waals surface area contributed by atoms with Gasteiger partial charge in [-0.15, -0.1) is 0 Å². The Morgan fingerprint density at radius 2 is 1.72 bits per heavy atom. The molecule has 2 aromatic rings. The van der Waals surface area contributed by atoms with Crippen LogP contribution in [0, 0.1) is 11.2 Å². The van der Waals surface area contributed by atoms with Crippen LogP contribution < -0.4 is 4.90 Å². The maximum absolute atomic E-state index is 14.6. The van der Waals surface area contributed by atoms with E-state index in [9.17, 15) is 14.0 Å². The predicted octanol–water partition coefficient (Wildman–Crippen LogP) is 5.55. The van der Waals surface area contributed by atoms with Gasteiger partial charge in [0.25, 0.3) is 0 Å². The molecule has 3 nitrogen and oxygen atoms in total. The average molecular weight is 391 g/mol. The van der Waals surface area contributed by atoms with E-state index in [0.717, 1.165) is 12.0 Å². The lowest BCUT2D eigenvalue weighted by molar-refractivity contribution is -0.121. The number of anilines is 1. The van der Waals surface area contributed by atoms with E-state index >= 15 is 0 Å². The largest absolute Gasteiger partial charge is 0.294 e. The Morgan fingerprint density at radius 3 is 2.38 bits per heavy atom. The van der Waals surface area contributed by atoms with E-state index in [1.807, 2.05) is 26.0 Å². The van der Waals surface area contributed by atoms with Gasteiger partial charge in [0.1, 0.15) is 5.82 Å². The summed E-state index contributed by atoms with van der Waals surface area (Å²) in [6.45, 7) is 6.15. The zero-order valence-electron chi connectivity index (χ0n) is 17.2. The van der Waals surface area contributed by atoms with Crippen LogP contribution in [0.5, 0.6) is 0 Å². The van der Waals surface area contributed by atoms with Gasteiger partial charge >= 0.3 is 0 Å². The van der Waals surface area contributed by atoms with Gasteiger partial charge in [-0.1, -0.05) is 57.2 Å². The number of Topliss-reactive ketones (excluding diaryl/α,β-unsaturated/α-hetero) is 1. The third-order valence-corrected chi connectivity index (χ3v) is 6.03. The fourth-order valence-electron chi connectivity index (χ4n) is 4.60. The number of hydrogen-bond acceptors (Lipinski definition) is 2. The molecule has 29 heavy (non-hydrogen) atoms. The second-order valence-electron chi connectivity index (χ2n) is 8.83. The molecule has 1 unspecified atom stereocenters. The lowest BCUT2D eigenvalue weighted by atomic mass is 9.69. The Labute approximate surface area is 171 Å². The molecule has 4 rings (SSSR count). The van der Waals surface area contributed by atoms with Crippen LogP contribution in [-0.2, 0) is 16.0 Å². The molecule has 0 N–H and O–H groups in total. The molecular weight excluding hydrogens is 365 g/mol. The molecule has 1 atom stereocenters. The number of amides is 1. The van der Waals surface area contributed by atoms with Crippen LogP contribution in [0.4, 0.5) is 10.1 Å². The molecule has 0 spiro atoms. The Bertz CT molecular complexity index is 1000. The van der Waals surface area contributed by atoms with Crippen molar-refractivity contribution < 1.29 is 14.0 Å². The maximum Gasteiger partial charge on any atom is 0.232 e. The number of benzene rings is 2. The van der Waals surface area contributed by atoms with Crippen LogP contribution in [-0.4, -0.2) is 11.7 Å². The molecule has 0 bridgehead atoms. The van der Waals surface area contributed by atoms with Crippen LogP contribution in [0.25, 0.3) is 0 Å². The number of nitrogens with zero attached hydrogens (tertiary/aromatic N) is 1. The molecule has 150 valence electrons. The highest BCUT2D eigenvalue weighted by molar-refractivity contribution is 6.07. The summed E-state index contributed by atoms with van der Waals surface area (Å²) in [5.74, 6) is -0.817. The van der Waals surface area contributed by atoms with Crippen LogP contribution in [0.15, 0.2) is 59.8 Å². The number of ketones is 1. The molecule has 1 heterocycles. The molecule has 4 heteroatoms. The summed E-state index contributed by atoms with van der Waals surface area (Å²) in [7, 11) is 0. The number of halogens is 1. The number of rotatable bonds is 3. The first kappa shape index (κ1) is 19.6. The monoisotopic (exact) mass is 391 g/mol. The van der Waals surface area contributed by atoms with Gasteiger partial charge in [0.2, 0.25) is 5.91 Å². The lowest BCUT2D eigenvalue weighted by Crippen LogP contribution is -2.44. The van der Waals surface area contributed by atoms with Gasteiger partial charge in [-0.2, -0.15) is 0 Å². The van der Waals surface area contributed by atoms with Gasteiger partial charge in [0.05, 0.1) is 5.69 Å². The smallest absolute Gasteiger partial charge is 0.232 e. The number of aryl methyl sites for hydroxylation is 1. The summed E-state index contributed by atoms with van der Waals surface area (Å²) in [5.41, 5.74) is 3.50. The Balaban J connectivity index is 1.88. The van der Waals surface area contributed by atoms with Gasteiger partial charge in [0, 0.05) is 30.0 Å². The van der Waals surface area contributed by atoms with Crippen molar-refractivity contribution in [1.29, 1.82) is 0 Å². The highest BCUT2D eigenvalue weighted by Gasteiger charge is 2.44. The van der Waals surface area contributed by atoms with Crippen LogP contribution >= 0.6 is 0 Å². The molecule has 1 aliphatic heterocycles. The topological polar surface area (TPSA) is 37.4 Å². The molecule has 0 saturated heterocycles. The van der Waals surface area contributed by atoms with E-state index in [1.165, 1.54) is 16.5 Å². The Kier molecular flexibility index (Phi) is 4.89. The zero-order chi connectivity index (χ0) is 20.8. The number of carbonyl (C=O) groups is 2. The Morgan fingerprint density at radius 1 is 1.03 bits per heavy atom. The van der Waals surface area contributed by atoms with Gasteiger partial charge in [-0.25, -0.2) is 4.39 Å². The average Bonchev–Trinajstić information content (AvgIpc) is 2.67. The summed E-state index contributed by atoms with van der Waals surface area (Å²) in [6.07, 6.45) is 2.11. The third-order valence-electron chi connectivity index (χ3n) is 6.03. The fourth-order valence-corrected chi connectivity index (χ4v) is 4.60. The van der Waals surface area contributed by atoms with E-state index in [2.05, 4.69) is 19.1 Å². The van der Waals surface area contributed by atoms with Crippen molar-refractivity contribution in [3.8, 4) is 0 Å². The first-order chi connectivity index (χ1) is 13.8. The number of hydrogen-bond donors (Lipinski definition) is 0. The van der Waals surface area contributed by atoms with Crippen molar-refractivity contribution in [2.75, 3.05) is 4.90 Å². The molecule has 1 aliphatic carbocycles. The van der Waals surface area contributed by atoms with Gasteiger partial charge < -0.3 is 0 Å². The van der Waals surface area contributed by atoms with Gasteiger partial charge in [-0.05, 0) is 41.5 Å².